The second kappa shape index (κ2) is 7.16. The average molecular weight is 281 g/mol. The number of nitrogens with zero attached hydrogens (tertiary/aromatic N) is 1. The van der Waals surface area contributed by atoms with Gasteiger partial charge in [0, 0.05) is 12.6 Å². The molecule has 1 atom stereocenters. The molecule has 0 aliphatic carbocycles. The summed E-state index contributed by atoms with van der Waals surface area (Å²) >= 11 is 6.30. The lowest BCUT2D eigenvalue weighted by molar-refractivity contribution is 0.285. The molecule has 1 heterocycles. The number of benzene rings is 1. The van der Waals surface area contributed by atoms with Crippen LogP contribution in [0.2, 0.25) is 5.02 Å². The molecule has 1 aliphatic heterocycles. The van der Waals surface area contributed by atoms with E-state index in [0.717, 1.165) is 10.7 Å². The summed E-state index contributed by atoms with van der Waals surface area (Å²) in [5.41, 5.74) is 2.36. The van der Waals surface area contributed by atoms with Gasteiger partial charge in [-0.2, -0.15) is 0 Å². The summed E-state index contributed by atoms with van der Waals surface area (Å²) in [5, 5.41) is 4.50. The minimum Gasteiger partial charge on any atom is -0.381 e. The van der Waals surface area contributed by atoms with Crippen molar-refractivity contribution in [2.45, 2.75) is 45.6 Å². The van der Waals surface area contributed by atoms with Crippen molar-refractivity contribution >= 4 is 17.3 Å². The van der Waals surface area contributed by atoms with Crippen molar-refractivity contribution in [3.05, 3.63) is 28.8 Å². The Labute approximate surface area is 122 Å². The van der Waals surface area contributed by atoms with Gasteiger partial charge in [-0.3, -0.25) is 0 Å². The largest absolute Gasteiger partial charge is 0.381 e. The molecule has 0 bridgehead atoms. The molecule has 1 aromatic carbocycles. The molecule has 1 saturated heterocycles. The van der Waals surface area contributed by atoms with Crippen LogP contribution >= 0.6 is 11.6 Å². The zero-order valence-corrected chi connectivity index (χ0v) is 12.8. The van der Waals surface area contributed by atoms with Crippen LogP contribution in [-0.4, -0.2) is 30.6 Å². The number of rotatable bonds is 4. The summed E-state index contributed by atoms with van der Waals surface area (Å²) in [6.45, 7) is 8.06. The van der Waals surface area contributed by atoms with Gasteiger partial charge in [-0.05, 0) is 57.3 Å². The minimum absolute atomic E-state index is 0.556. The van der Waals surface area contributed by atoms with Gasteiger partial charge < -0.3 is 10.2 Å². The molecule has 1 N–H and O–H groups in total. The van der Waals surface area contributed by atoms with Crippen molar-refractivity contribution < 1.29 is 0 Å². The van der Waals surface area contributed by atoms with Crippen molar-refractivity contribution in [3.63, 3.8) is 0 Å². The quantitative estimate of drug-likeness (QED) is 0.883. The van der Waals surface area contributed by atoms with Gasteiger partial charge in [-0.1, -0.05) is 30.7 Å². The third-order valence-corrected chi connectivity index (χ3v) is 4.25. The smallest absolute Gasteiger partial charge is 0.0640 e. The van der Waals surface area contributed by atoms with E-state index < -0.39 is 0 Å². The van der Waals surface area contributed by atoms with Gasteiger partial charge in [-0.25, -0.2) is 0 Å². The number of aryl methyl sites for hydroxylation is 1. The van der Waals surface area contributed by atoms with Crippen LogP contribution in [-0.2, 0) is 0 Å². The van der Waals surface area contributed by atoms with Crippen LogP contribution in [0.4, 0.5) is 5.69 Å². The van der Waals surface area contributed by atoms with Crippen molar-refractivity contribution in [1.82, 2.24) is 4.90 Å². The Morgan fingerprint density at radius 2 is 2.16 bits per heavy atom. The Bertz CT molecular complexity index is 385. The molecular formula is C16H25ClN2. The number of anilines is 1. The van der Waals surface area contributed by atoms with Crippen LogP contribution in [0.15, 0.2) is 18.2 Å². The van der Waals surface area contributed by atoms with Crippen LogP contribution in [0.5, 0.6) is 0 Å². The van der Waals surface area contributed by atoms with Gasteiger partial charge in [0.05, 0.1) is 10.7 Å². The monoisotopic (exact) mass is 280 g/mol. The van der Waals surface area contributed by atoms with Gasteiger partial charge in [0.2, 0.25) is 0 Å². The summed E-state index contributed by atoms with van der Waals surface area (Å²) in [7, 11) is 0. The van der Waals surface area contributed by atoms with E-state index in [9.17, 15) is 0 Å². The van der Waals surface area contributed by atoms with Crippen LogP contribution in [0.25, 0.3) is 0 Å². The second-order valence-electron chi connectivity index (χ2n) is 5.55. The molecule has 0 aromatic heterocycles. The van der Waals surface area contributed by atoms with Gasteiger partial charge in [0.25, 0.3) is 0 Å². The lowest BCUT2D eigenvalue weighted by Crippen LogP contribution is -2.27. The van der Waals surface area contributed by atoms with E-state index in [2.05, 4.69) is 30.1 Å². The highest BCUT2D eigenvalue weighted by Crippen LogP contribution is 2.27. The number of halogens is 1. The first-order valence-corrected chi connectivity index (χ1v) is 7.82. The van der Waals surface area contributed by atoms with E-state index in [1.165, 1.54) is 50.9 Å². The molecule has 2 nitrogen and oxygen atoms in total. The van der Waals surface area contributed by atoms with E-state index in [1.807, 2.05) is 12.1 Å². The molecule has 1 aliphatic rings. The van der Waals surface area contributed by atoms with Crippen LogP contribution in [0.1, 0.15) is 38.2 Å². The Hall–Kier alpha value is -0.730. The lowest BCUT2D eigenvalue weighted by atomic mass is 10.1. The van der Waals surface area contributed by atoms with Gasteiger partial charge in [0.15, 0.2) is 0 Å². The van der Waals surface area contributed by atoms with E-state index in [1.54, 1.807) is 0 Å². The standard InChI is InChI=1S/C16H25ClN2/c1-3-10-19-11-5-7-14(9-12-19)18-16-13(2)6-4-8-15(16)17/h4,6,8,14,18H,3,5,7,9-12H2,1-2H3. The molecule has 0 radical (unpaired) electrons. The fourth-order valence-electron chi connectivity index (χ4n) is 2.86. The molecule has 0 amide bonds. The van der Waals surface area contributed by atoms with Gasteiger partial charge >= 0.3 is 0 Å². The van der Waals surface area contributed by atoms with Crippen LogP contribution < -0.4 is 5.32 Å². The summed E-state index contributed by atoms with van der Waals surface area (Å²) in [6, 6.07) is 6.66. The van der Waals surface area contributed by atoms with Gasteiger partial charge in [0.1, 0.15) is 0 Å². The maximum absolute atomic E-state index is 6.30. The maximum Gasteiger partial charge on any atom is 0.0640 e. The first-order valence-electron chi connectivity index (χ1n) is 7.44. The fourth-order valence-corrected chi connectivity index (χ4v) is 3.14. The topological polar surface area (TPSA) is 15.3 Å². The first kappa shape index (κ1) is 14.7. The zero-order chi connectivity index (χ0) is 13.7. The Balaban J connectivity index is 1.96. The number of hydrogen-bond acceptors (Lipinski definition) is 2. The highest BCUT2D eigenvalue weighted by Gasteiger charge is 2.17. The summed E-state index contributed by atoms with van der Waals surface area (Å²) in [5.74, 6) is 0. The highest BCUT2D eigenvalue weighted by atomic mass is 35.5. The summed E-state index contributed by atoms with van der Waals surface area (Å²) in [6.07, 6.45) is 4.98. The third-order valence-electron chi connectivity index (χ3n) is 3.93. The van der Waals surface area contributed by atoms with Crippen molar-refractivity contribution in [2.24, 2.45) is 0 Å². The molecule has 3 heteroatoms. The van der Waals surface area contributed by atoms with E-state index in [0.29, 0.717) is 6.04 Å². The zero-order valence-electron chi connectivity index (χ0n) is 12.1. The maximum atomic E-state index is 6.30. The van der Waals surface area contributed by atoms with Crippen molar-refractivity contribution in [1.29, 1.82) is 0 Å². The number of para-hydroxylation sites is 1. The Kier molecular flexibility index (Phi) is 5.53. The fraction of sp³-hybridized carbons (Fsp3) is 0.625. The molecule has 0 spiro atoms. The first-order chi connectivity index (χ1) is 9.20. The summed E-state index contributed by atoms with van der Waals surface area (Å²) in [4.78, 5) is 2.58. The molecule has 0 saturated carbocycles. The predicted octanol–water partition coefficient (Wildman–Crippen LogP) is 4.32. The van der Waals surface area contributed by atoms with Crippen molar-refractivity contribution in [2.75, 3.05) is 25.0 Å². The van der Waals surface area contributed by atoms with Crippen molar-refractivity contribution in [3.8, 4) is 0 Å². The molecule has 2 rings (SSSR count). The second-order valence-corrected chi connectivity index (χ2v) is 5.95. The summed E-state index contributed by atoms with van der Waals surface area (Å²) < 4.78 is 0. The average Bonchev–Trinajstić information content (AvgIpc) is 2.60. The van der Waals surface area contributed by atoms with Crippen LogP contribution in [0.3, 0.4) is 0 Å². The lowest BCUT2D eigenvalue weighted by Gasteiger charge is -2.21. The third kappa shape index (κ3) is 4.12. The minimum atomic E-state index is 0.556. The molecular weight excluding hydrogens is 256 g/mol. The highest BCUT2D eigenvalue weighted by molar-refractivity contribution is 6.33. The van der Waals surface area contributed by atoms with Gasteiger partial charge in [-0.15, -0.1) is 0 Å². The Morgan fingerprint density at radius 3 is 2.89 bits per heavy atom. The van der Waals surface area contributed by atoms with E-state index >= 15 is 0 Å². The Morgan fingerprint density at radius 1 is 1.32 bits per heavy atom. The number of likely N-dealkylation sites (tertiary alicyclic amines) is 1. The van der Waals surface area contributed by atoms with E-state index in [-0.39, 0.29) is 0 Å². The molecule has 1 fully saturated rings. The number of nitrogens with one attached hydrogen (secondary N) is 1. The van der Waals surface area contributed by atoms with E-state index in [4.69, 9.17) is 11.6 Å². The normalized spacial score (nSPS) is 21.1. The predicted molar refractivity (Wildman–Crippen MR) is 84.2 cm³/mol. The molecule has 1 aromatic rings. The SMILES string of the molecule is CCCN1CCCC(Nc2c(C)cccc2Cl)CC1. The van der Waals surface area contributed by atoms with Crippen LogP contribution in [0, 0.1) is 6.92 Å². The molecule has 1 unspecified atom stereocenters. The number of hydrogen-bond donors (Lipinski definition) is 1. The molecule has 106 valence electrons. The molecule has 19 heavy (non-hydrogen) atoms.